The molecule has 0 spiro atoms. The quantitative estimate of drug-likeness (QED) is 0.465. The van der Waals surface area contributed by atoms with Crippen molar-refractivity contribution in [3.63, 3.8) is 0 Å². The van der Waals surface area contributed by atoms with Crippen LogP contribution < -0.4 is 0 Å². The number of fused-ring (bicyclic) bond motifs is 1. The van der Waals surface area contributed by atoms with E-state index >= 15 is 0 Å². The lowest BCUT2D eigenvalue weighted by Gasteiger charge is -2.07. The highest BCUT2D eigenvalue weighted by molar-refractivity contribution is 7.13. The minimum atomic E-state index is 1.07. The van der Waals surface area contributed by atoms with E-state index in [2.05, 4.69) is 71.7 Å². The molecular weight excluding hydrogens is 274 g/mol. The molecule has 4 aromatic rings. The molecule has 0 saturated heterocycles. The van der Waals surface area contributed by atoms with Crippen molar-refractivity contribution in [3.05, 3.63) is 78.3 Å². The molecule has 100 valence electrons. The standard InChI is InChI=1S/C19H13NS/c1-2-8-15(9-3-1)19-18(20-13-21-19)17-12-6-10-14-7-4-5-11-16(14)17/h1-13H. The topological polar surface area (TPSA) is 12.9 Å². The van der Waals surface area contributed by atoms with E-state index in [1.807, 2.05) is 11.6 Å². The lowest BCUT2D eigenvalue weighted by Crippen LogP contribution is -1.84. The summed E-state index contributed by atoms with van der Waals surface area (Å²) in [6.07, 6.45) is 0. The Balaban J connectivity index is 1.97. The van der Waals surface area contributed by atoms with Crippen molar-refractivity contribution >= 4 is 22.1 Å². The first-order chi connectivity index (χ1) is 10.4. The Kier molecular flexibility index (Phi) is 3.02. The van der Waals surface area contributed by atoms with Gasteiger partial charge in [-0.25, -0.2) is 4.98 Å². The molecule has 1 aromatic heterocycles. The Hall–Kier alpha value is -2.45. The molecule has 0 bridgehead atoms. The van der Waals surface area contributed by atoms with E-state index in [1.165, 1.54) is 26.8 Å². The summed E-state index contributed by atoms with van der Waals surface area (Å²) < 4.78 is 0. The van der Waals surface area contributed by atoms with E-state index < -0.39 is 0 Å². The van der Waals surface area contributed by atoms with Crippen LogP contribution in [0.3, 0.4) is 0 Å². The summed E-state index contributed by atoms with van der Waals surface area (Å²) in [7, 11) is 0. The molecule has 0 aliphatic carbocycles. The summed E-state index contributed by atoms with van der Waals surface area (Å²) in [4.78, 5) is 5.86. The Labute approximate surface area is 127 Å². The third-order valence-corrected chi connectivity index (χ3v) is 4.52. The van der Waals surface area contributed by atoms with Crippen molar-refractivity contribution in [1.82, 2.24) is 4.98 Å². The Morgan fingerprint density at radius 2 is 1.48 bits per heavy atom. The smallest absolute Gasteiger partial charge is 0.0896 e. The summed E-state index contributed by atoms with van der Waals surface area (Å²) in [6, 6.07) is 25.3. The van der Waals surface area contributed by atoms with Crippen molar-refractivity contribution in [1.29, 1.82) is 0 Å². The largest absolute Gasteiger partial charge is 0.244 e. The highest BCUT2D eigenvalue weighted by Gasteiger charge is 2.12. The number of hydrogen-bond donors (Lipinski definition) is 0. The van der Waals surface area contributed by atoms with Gasteiger partial charge in [0, 0.05) is 5.56 Å². The van der Waals surface area contributed by atoms with E-state index in [0.717, 1.165) is 5.69 Å². The highest BCUT2D eigenvalue weighted by Crippen LogP contribution is 2.37. The van der Waals surface area contributed by atoms with Crippen LogP contribution in [0.15, 0.2) is 78.3 Å². The van der Waals surface area contributed by atoms with Crippen LogP contribution in [0.1, 0.15) is 0 Å². The highest BCUT2D eigenvalue weighted by atomic mass is 32.1. The fourth-order valence-corrected chi connectivity index (χ4v) is 3.47. The van der Waals surface area contributed by atoms with Crippen molar-refractivity contribution in [2.75, 3.05) is 0 Å². The third kappa shape index (κ3) is 2.14. The predicted molar refractivity (Wildman–Crippen MR) is 90.5 cm³/mol. The average molecular weight is 287 g/mol. The number of benzene rings is 3. The Bertz CT molecular complexity index is 888. The molecule has 21 heavy (non-hydrogen) atoms. The molecule has 0 radical (unpaired) electrons. The Morgan fingerprint density at radius 1 is 0.714 bits per heavy atom. The van der Waals surface area contributed by atoms with Gasteiger partial charge >= 0.3 is 0 Å². The molecule has 1 nitrogen and oxygen atoms in total. The Morgan fingerprint density at radius 3 is 2.38 bits per heavy atom. The van der Waals surface area contributed by atoms with Crippen LogP contribution in [0.2, 0.25) is 0 Å². The third-order valence-electron chi connectivity index (χ3n) is 3.65. The van der Waals surface area contributed by atoms with Gasteiger partial charge in [-0.05, 0) is 16.3 Å². The first-order valence-corrected chi connectivity index (χ1v) is 7.78. The van der Waals surface area contributed by atoms with Crippen LogP contribution in [-0.2, 0) is 0 Å². The molecule has 0 fully saturated rings. The van der Waals surface area contributed by atoms with E-state index in [9.17, 15) is 0 Å². The molecular formula is C19H13NS. The zero-order valence-corrected chi connectivity index (χ0v) is 12.2. The summed E-state index contributed by atoms with van der Waals surface area (Å²) in [5, 5.41) is 2.50. The number of nitrogens with zero attached hydrogens (tertiary/aromatic N) is 1. The van der Waals surface area contributed by atoms with E-state index in [-0.39, 0.29) is 0 Å². The van der Waals surface area contributed by atoms with Crippen LogP contribution in [0, 0.1) is 0 Å². The molecule has 0 saturated carbocycles. The fourth-order valence-electron chi connectivity index (χ4n) is 2.66. The lowest BCUT2D eigenvalue weighted by atomic mass is 10.00. The van der Waals surface area contributed by atoms with Crippen LogP contribution in [0.5, 0.6) is 0 Å². The SMILES string of the molecule is c1ccc(-c2scnc2-c2cccc3ccccc23)cc1. The zero-order chi connectivity index (χ0) is 14.1. The second-order valence-corrected chi connectivity index (χ2v) is 5.78. The van der Waals surface area contributed by atoms with Crippen LogP contribution in [0.4, 0.5) is 0 Å². The van der Waals surface area contributed by atoms with Gasteiger partial charge in [-0.15, -0.1) is 11.3 Å². The maximum atomic E-state index is 4.63. The van der Waals surface area contributed by atoms with Crippen molar-refractivity contribution in [3.8, 4) is 21.7 Å². The molecule has 0 unspecified atom stereocenters. The predicted octanol–water partition coefficient (Wildman–Crippen LogP) is 5.63. The van der Waals surface area contributed by atoms with E-state index in [1.54, 1.807) is 11.3 Å². The minimum Gasteiger partial charge on any atom is -0.244 e. The van der Waals surface area contributed by atoms with Gasteiger partial charge in [0.25, 0.3) is 0 Å². The van der Waals surface area contributed by atoms with Crippen LogP contribution in [0.25, 0.3) is 32.5 Å². The second kappa shape index (κ2) is 5.15. The first-order valence-electron chi connectivity index (χ1n) is 6.90. The number of thiazole rings is 1. The zero-order valence-electron chi connectivity index (χ0n) is 11.4. The number of aromatic nitrogens is 1. The fraction of sp³-hybridized carbons (Fsp3) is 0. The molecule has 0 N–H and O–H groups in total. The summed E-state index contributed by atoms with van der Waals surface area (Å²) in [5.74, 6) is 0. The van der Waals surface area contributed by atoms with Gasteiger partial charge in [0.15, 0.2) is 0 Å². The van der Waals surface area contributed by atoms with Gasteiger partial charge in [-0.2, -0.15) is 0 Å². The number of rotatable bonds is 2. The number of hydrogen-bond acceptors (Lipinski definition) is 2. The summed E-state index contributed by atoms with van der Waals surface area (Å²) in [5.41, 5.74) is 5.43. The normalized spacial score (nSPS) is 10.9. The molecule has 3 aromatic carbocycles. The lowest BCUT2D eigenvalue weighted by molar-refractivity contribution is 1.42. The maximum absolute atomic E-state index is 4.63. The molecule has 2 heteroatoms. The minimum absolute atomic E-state index is 1.07. The molecule has 1 heterocycles. The van der Waals surface area contributed by atoms with Crippen LogP contribution in [-0.4, -0.2) is 4.98 Å². The van der Waals surface area contributed by atoms with Gasteiger partial charge in [0.05, 0.1) is 16.1 Å². The van der Waals surface area contributed by atoms with E-state index in [0.29, 0.717) is 0 Å². The molecule has 0 aliphatic heterocycles. The van der Waals surface area contributed by atoms with Gasteiger partial charge in [0.2, 0.25) is 0 Å². The van der Waals surface area contributed by atoms with Crippen molar-refractivity contribution in [2.45, 2.75) is 0 Å². The van der Waals surface area contributed by atoms with Crippen molar-refractivity contribution in [2.24, 2.45) is 0 Å². The molecule has 0 atom stereocenters. The van der Waals surface area contributed by atoms with Crippen molar-refractivity contribution < 1.29 is 0 Å². The molecule has 0 aliphatic rings. The summed E-state index contributed by atoms with van der Waals surface area (Å²) in [6.45, 7) is 0. The van der Waals surface area contributed by atoms with Gasteiger partial charge in [-0.3, -0.25) is 0 Å². The summed E-state index contributed by atoms with van der Waals surface area (Å²) >= 11 is 1.69. The van der Waals surface area contributed by atoms with Crippen LogP contribution >= 0.6 is 11.3 Å². The maximum Gasteiger partial charge on any atom is 0.0896 e. The second-order valence-electron chi connectivity index (χ2n) is 4.92. The monoisotopic (exact) mass is 287 g/mol. The van der Waals surface area contributed by atoms with Gasteiger partial charge < -0.3 is 0 Å². The van der Waals surface area contributed by atoms with Gasteiger partial charge in [-0.1, -0.05) is 72.8 Å². The van der Waals surface area contributed by atoms with E-state index in [4.69, 9.17) is 0 Å². The molecule has 0 amide bonds. The van der Waals surface area contributed by atoms with Gasteiger partial charge in [0.1, 0.15) is 0 Å². The first kappa shape index (κ1) is 12.3. The average Bonchev–Trinajstić information content (AvgIpc) is 3.04. The molecule has 4 rings (SSSR count).